The Morgan fingerprint density at radius 3 is 2.55 bits per heavy atom. The van der Waals surface area contributed by atoms with E-state index in [1.165, 1.54) is 4.88 Å². The molecule has 0 N–H and O–H groups in total. The highest BCUT2D eigenvalue weighted by Crippen LogP contribution is 2.25. The summed E-state index contributed by atoms with van der Waals surface area (Å²) < 4.78 is 3.88. The van der Waals surface area contributed by atoms with Gasteiger partial charge in [-0.05, 0) is 45.2 Å². The Balaban J connectivity index is 2.07. The number of hydrogen-bond acceptors (Lipinski definition) is 4. The second-order valence-corrected chi connectivity index (χ2v) is 7.52. The van der Waals surface area contributed by atoms with Crippen molar-refractivity contribution in [3.63, 3.8) is 0 Å². The van der Waals surface area contributed by atoms with Crippen molar-refractivity contribution < 1.29 is 0 Å². The van der Waals surface area contributed by atoms with E-state index in [-0.39, 0.29) is 5.54 Å². The van der Waals surface area contributed by atoms with Gasteiger partial charge in [0, 0.05) is 18.3 Å². The number of hydrogen-bond donors (Lipinski definition) is 0. The van der Waals surface area contributed by atoms with Gasteiger partial charge in [-0.2, -0.15) is 10.2 Å². The lowest BCUT2D eigenvalue weighted by Gasteiger charge is -2.21. The Morgan fingerprint density at radius 1 is 1.23 bits per heavy atom. The van der Waals surface area contributed by atoms with Gasteiger partial charge < -0.3 is 0 Å². The molecule has 0 amide bonds. The van der Waals surface area contributed by atoms with Crippen LogP contribution in [-0.2, 0) is 19.0 Å². The van der Waals surface area contributed by atoms with Crippen molar-refractivity contribution in [2.75, 3.05) is 0 Å². The SMILES string of the molecule is Cc1cc(-c2nc(Cc3cccs3)nn2C(C)(C)C)n(C)n1. The zero-order chi connectivity index (χ0) is 15.9. The van der Waals surface area contributed by atoms with Crippen molar-refractivity contribution >= 4 is 11.3 Å². The van der Waals surface area contributed by atoms with Gasteiger partial charge in [0.15, 0.2) is 11.6 Å². The fourth-order valence-electron chi connectivity index (χ4n) is 2.45. The van der Waals surface area contributed by atoms with Crippen LogP contribution < -0.4 is 0 Å². The second-order valence-electron chi connectivity index (χ2n) is 6.48. The Morgan fingerprint density at radius 2 is 2.00 bits per heavy atom. The molecule has 3 rings (SSSR count). The van der Waals surface area contributed by atoms with Crippen molar-refractivity contribution in [3.8, 4) is 11.5 Å². The largest absolute Gasteiger partial charge is 0.264 e. The Labute approximate surface area is 134 Å². The van der Waals surface area contributed by atoms with E-state index in [4.69, 9.17) is 10.1 Å². The van der Waals surface area contributed by atoms with Gasteiger partial charge >= 0.3 is 0 Å². The summed E-state index contributed by atoms with van der Waals surface area (Å²) >= 11 is 1.74. The second kappa shape index (κ2) is 5.35. The van der Waals surface area contributed by atoms with Crippen LogP contribution in [0.5, 0.6) is 0 Å². The molecule has 22 heavy (non-hydrogen) atoms. The summed E-state index contributed by atoms with van der Waals surface area (Å²) in [4.78, 5) is 6.07. The van der Waals surface area contributed by atoms with E-state index in [2.05, 4.69) is 49.4 Å². The van der Waals surface area contributed by atoms with Crippen molar-refractivity contribution in [2.45, 2.75) is 39.7 Å². The molecule has 0 atom stereocenters. The molecule has 0 radical (unpaired) electrons. The molecule has 0 aliphatic rings. The van der Waals surface area contributed by atoms with Gasteiger partial charge in [-0.3, -0.25) is 4.68 Å². The molecule has 0 unspecified atom stereocenters. The van der Waals surface area contributed by atoms with Gasteiger partial charge in [0.25, 0.3) is 0 Å². The van der Waals surface area contributed by atoms with Gasteiger partial charge in [0.1, 0.15) is 5.69 Å². The van der Waals surface area contributed by atoms with Crippen LogP contribution in [0.3, 0.4) is 0 Å². The number of thiophene rings is 1. The third-order valence-electron chi connectivity index (χ3n) is 3.43. The molecule has 3 aromatic heterocycles. The molecule has 0 aliphatic heterocycles. The molecular weight excluding hydrogens is 294 g/mol. The first kappa shape index (κ1) is 15.0. The average molecular weight is 315 g/mol. The van der Waals surface area contributed by atoms with Crippen LogP contribution in [0, 0.1) is 6.92 Å². The summed E-state index contributed by atoms with van der Waals surface area (Å²) in [5, 5.41) is 11.3. The summed E-state index contributed by atoms with van der Waals surface area (Å²) in [7, 11) is 1.95. The van der Waals surface area contributed by atoms with E-state index in [9.17, 15) is 0 Å². The monoisotopic (exact) mass is 315 g/mol. The maximum atomic E-state index is 4.79. The van der Waals surface area contributed by atoms with E-state index >= 15 is 0 Å². The smallest absolute Gasteiger partial charge is 0.177 e. The number of aromatic nitrogens is 5. The van der Waals surface area contributed by atoms with Crippen LogP contribution in [0.25, 0.3) is 11.5 Å². The normalized spacial score (nSPS) is 12.0. The first-order chi connectivity index (χ1) is 10.3. The molecule has 3 heterocycles. The minimum absolute atomic E-state index is 0.131. The minimum Gasteiger partial charge on any atom is -0.264 e. The van der Waals surface area contributed by atoms with E-state index in [1.54, 1.807) is 11.3 Å². The zero-order valence-electron chi connectivity index (χ0n) is 13.7. The quantitative estimate of drug-likeness (QED) is 0.744. The molecule has 6 heteroatoms. The predicted octanol–water partition coefficient (Wildman–Crippen LogP) is 3.39. The zero-order valence-corrected chi connectivity index (χ0v) is 14.5. The van der Waals surface area contributed by atoms with Crippen LogP contribution >= 0.6 is 11.3 Å². The molecule has 0 aliphatic carbocycles. The molecule has 0 saturated heterocycles. The molecule has 0 bridgehead atoms. The third kappa shape index (κ3) is 2.83. The minimum atomic E-state index is -0.131. The first-order valence-electron chi connectivity index (χ1n) is 7.34. The van der Waals surface area contributed by atoms with E-state index in [0.29, 0.717) is 0 Å². The van der Waals surface area contributed by atoms with Crippen molar-refractivity contribution in [3.05, 3.63) is 40.0 Å². The predicted molar refractivity (Wildman–Crippen MR) is 89.1 cm³/mol. The van der Waals surface area contributed by atoms with E-state index in [1.807, 2.05) is 23.3 Å². The summed E-state index contributed by atoms with van der Waals surface area (Å²) in [5.41, 5.74) is 1.85. The van der Waals surface area contributed by atoms with E-state index in [0.717, 1.165) is 29.5 Å². The van der Waals surface area contributed by atoms with Crippen molar-refractivity contribution in [2.24, 2.45) is 7.05 Å². The van der Waals surface area contributed by atoms with Crippen LogP contribution in [0.4, 0.5) is 0 Å². The van der Waals surface area contributed by atoms with Gasteiger partial charge in [-0.15, -0.1) is 11.3 Å². The van der Waals surface area contributed by atoms with Gasteiger partial charge in [0.2, 0.25) is 0 Å². The summed E-state index contributed by atoms with van der Waals surface area (Å²) in [6.45, 7) is 8.42. The van der Waals surface area contributed by atoms with Gasteiger partial charge in [-0.1, -0.05) is 6.07 Å². The first-order valence-corrected chi connectivity index (χ1v) is 8.22. The number of rotatable bonds is 3. The molecular formula is C16H21N5S. The van der Waals surface area contributed by atoms with Crippen LogP contribution in [0.2, 0.25) is 0 Å². The van der Waals surface area contributed by atoms with Crippen molar-refractivity contribution in [1.29, 1.82) is 0 Å². The standard InChI is InChI=1S/C16H21N5S/c1-11-9-13(20(5)18-11)15-17-14(10-12-7-6-8-22-12)19-21(15)16(2,3)4/h6-9H,10H2,1-5H3. The molecule has 5 nitrogen and oxygen atoms in total. The molecule has 3 aromatic rings. The highest BCUT2D eigenvalue weighted by atomic mass is 32.1. The van der Waals surface area contributed by atoms with Gasteiger partial charge in [0.05, 0.1) is 11.2 Å². The fourth-order valence-corrected chi connectivity index (χ4v) is 3.15. The molecule has 116 valence electrons. The van der Waals surface area contributed by atoms with Crippen LogP contribution in [0.1, 0.15) is 37.2 Å². The molecule has 0 saturated carbocycles. The topological polar surface area (TPSA) is 48.5 Å². The number of aryl methyl sites for hydroxylation is 2. The van der Waals surface area contributed by atoms with Crippen LogP contribution in [-0.4, -0.2) is 24.5 Å². The summed E-state index contributed by atoms with van der Waals surface area (Å²) in [6.07, 6.45) is 0.768. The van der Waals surface area contributed by atoms with Crippen LogP contribution in [0.15, 0.2) is 23.6 Å². The number of nitrogens with zero attached hydrogens (tertiary/aromatic N) is 5. The Kier molecular flexibility index (Phi) is 3.64. The Hall–Kier alpha value is -1.95. The maximum absolute atomic E-state index is 4.79. The summed E-state index contributed by atoms with van der Waals surface area (Å²) in [5.74, 6) is 1.73. The Bertz CT molecular complexity index is 774. The lowest BCUT2D eigenvalue weighted by Crippen LogP contribution is -2.24. The van der Waals surface area contributed by atoms with Crippen molar-refractivity contribution in [1.82, 2.24) is 24.5 Å². The fraction of sp³-hybridized carbons (Fsp3) is 0.438. The van der Waals surface area contributed by atoms with E-state index < -0.39 is 0 Å². The lowest BCUT2D eigenvalue weighted by atomic mass is 10.1. The lowest BCUT2D eigenvalue weighted by molar-refractivity contribution is 0.356. The third-order valence-corrected chi connectivity index (χ3v) is 4.31. The van der Waals surface area contributed by atoms with Gasteiger partial charge in [-0.25, -0.2) is 9.67 Å². The molecule has 0 fully saturated rings. The average Bonchev–Trinajstić information content (AvgIpc) is 3.09. The molecule has 0 aromatic carbocycles. The summed E-state index contributed by atoms with van der Waals surface area (Å²) in [6, 6.07) is 6.24. The highest BCUT2D eigenvalue weighted by molar-refractivity contribution is 7.09. The maximum Gasteiger partial charge on any atom is 0.177 e. The highest BCUT2D eigenvalue weighted by Gasteiger charge is 2.24. The molecule has 0 spiro atoms.